The van der Waals surface area contributed by atoms with Crippen LogP contribution in [0.25, 0.3) is 11.1 Å². The number of piperazine rings is 1. The van der Waals surface area contributed by atoms with Gasteiger partial charge in [0.25, 0.3) is 0 Å². The van der Waals surface area contributed by atoms with Gasteiger partial charge < -0.3 is 10.2 Å². The lowest BCUT2D eigenvalue weighted by Crippen LogP contribution is -2.49. The average molecular weight is 484 g/mol. The van der Waals surface area contributed by atoms with Crippen molar-refractivity contribution in [2.45, 2.75) is 25.2 Å². The molecule has 6 nitrogen and oxygen atoms in total. The second-order valence-electron chi connectivity index (χ2n) is 8.23. The van der Waals surface area contributed by atoms with Gasteiger partial charge in [-0.05, 0) is 31.5 Å². The van der Waals surface area contributed by atoms with Crippen molar-refractivity contribution in [3.63, 3.8) is 0 Å². The van der Waals surface area contributed by atoms with Crippen LogP contribution < -0.4 is 5.32 Å². The molecule has 1 aliphatic heterocycles. The Kier molecular flexibility index (Phi) is 7.29. The first-order valence-electron chi connectivity index (χ1n) is 11.1. The van der Waals surface area contributed by atoms with Crippen molar-refractivity contribution < 1.29 is 13.2 Å². The van der Waals surface area contributed by atoms with E-state index in [1.165, 1.54) is 11.3 Å². The van der Waals surface area contributed by atoms with Crippen molar-refractivity contribution in [3.8, 4) is 11.1 Å². The molecule has 174 valence electrons. The predicted octanol–water partition coefficient (Wildman–Crippen LogP) is 4.37. The van der Waals surface area contributed by atoms with Gasteiger partial charge in [0.05, 0.1) is 4.90 Å². The third kappa shape index (κ3) is 5.52. The molecule has 1 aliphatic rings. The van der Waals surface area contributed by atoms with E-state index in [1.54, 1.807) is 10.4 Å². The number of nitrogens with one attached hydrogen (secondary N) is 1. The number of thiophene rings is 1. The fourth-order valence-electron chi connectivity index (χ4n) is 4.13. The molecular weight excluding hydrogens is 454 g/mol. The van der Waals surface area contributed by atoms with Crippen molar-refractivity contribution in [2.75, 3.05) is 38.0 Å². The summed E-state index contributed by atoms with van der Waals surface area (Å²) in [5, 5.41) is 3.04. The summed E-state index contributed by atoms with van der Waals surface area (Å²) in [5.41, 5.74) is 2.84. The molecule has 0 radical (unpaired) electrons. The molecule has 0 atom stereocenters. The van der Waals surface area contributed by atoms with Crippen LogP contribution in [0.15, 0.2) is 65.6 Å². The third-order valence-corrected chi connectivity index (χ3v) is 9.01. The number of sulfonamides is 1. The van der Waals surface area contributed by atoms with Gasteiger partial charge in [0.2, 0.25) is 15.9 Å². The molecule has 0 aliphatic carbocycles. The Morgan fingerprint density at radius 2 is 1.64 bits per heavy atom. The maximum absolute atomic E-state index is 13.0. The molecule has 3 aromatic rings. The Morgan fingerprint density at radius 1 is 0.970 bits per heavy atom. The SMILES string of the molecule is Cc1cc(S(=O)(=O)N2CCN(CCC(=O)Nc3ccccc3-c3ccccc3)CC2)c(C)s1. The Balaban J connectivity index is 1.30. The highest BCUT2D eigenvalue weighted by molar-refractivity contribution is 7.89. The van der Waals surface area contributed by atoms with E-state index in [2.05, 4.69) is 10.2 Å². The van der Waals surface area contributed by atoms with Gasteiger partial charge in [-0.25, -0.2) is 8.42 Å². The van der Waals surface area contributed by atoms with E-state index in [9.17, 15) is 13.2 Å². The fraction of sp³-hybridized carbons (Fsp3) is 0.320. The summed E-state index contributed by atoms with van der Waals surface area (Å²) in [6, 6.07) is 19.5. The molecule has 2 heterocycles. The van der Waals surface area contributed by atoms with E-state index in [4.69, 9.17) is 0 Å². The Hall–Kier alpha value is -2.52. The molecule has 8 heteroatoms. The Bertz CT molecular complexity index is 1210. The van der Waals surface area contributed by atoms with E-state index in [0.717, 1.165) is 26.6 Å². The molecule has 1 fully saturated rings. The minimum Gasteiger partial charge on any atom is -0.325 e. The number of anilines is 1. The molecule has 4 rings (SSSR count). The molecule has 0 unspecified atom stereocenters. The summed E-state index contributed by atoms with van der Waals surface area (Å²) in [6.45, 7) is 6.51. The average Bonchev–Trinajstić information content (AvgIpc) is 3.17. The maximum Gasteiger partial charge on any atom is 0.244 e. The largest absolute Gasteiger partial charge is 0.325 e. The fourth-order valence-corrected chi connectivity index (χ4v) is 7.08. The van der Waals surface area contributed by atoms with Gasteiger partial charge in [0.15, 0.2) is 0 Å². The van der Waals surface area contributed by atoms with Crippen LogP contribution in [-0.2, 0) is 14.8 Å². The number of para-hydroxylation sites is 1. The predicted molar refractivity (Wildman–Crippen MR) is 134 cm³/mol. The summed E-state index contributed by atoms with van der Waals surface area (Å²) in [4.78, 5) is 17.1. The summed E-state index contributed by atoms with van der Waals surface area (Å²) in [7, 11) is -3.46. The third-order valence-electron chi connectivity index (χ3n) is 5.89. The topological polar surface area (TPSA) is 69.7 Å². The number of benzene rings is 2. The van der Waals surface area contributed by atoms with Crippen molar-refractivity contribution >= 4 is 33.0 Å². The quantitative estimate of drug-likeness (QED) is 0.542. The van der Waals surface area contributed by atoms with Gasteiger partial charge in [-0.2, -0.15) is 4.31 Å². The number of carbonyl (C=O) groups excluding carboxylic acids is 1. The second kappa shape index (κ2) is 10.2. The van der Waals surface area contributed by atoms with Crippen LogP contribution in [0.2, 0.25) is 0 Å². The summed E-state index contributed by atoms with van der Waals surface area (Å²) in [6.07, 6.45) is 0.360. The highest BCUT2D eigenvalue weighted by atomic mass is 32.2. The van der Waals surface area contributed by atoms with E-state index in [1.807, 2.05) is 68.4 Å². The standard InChI is InChI=1S/C25H29N3O3S2/c1-19-18-24(20(2)32-19)33(30,31)28-16-14-27(15-17-28)13-12-25(29)26-23-11-7-6-10-22(23)21-8-4-3-5-9-21/h3-11,18H,12-17H2,1-2H3,(H,26,29). The molecule has 33 heavy (non-hydrogen) atoms. The van der Waals surface area contributed by atoms with E-state index >= 15 is 0 Å². The zero-order chi connectivity index (χ0) is 23.4. The number of nitrogens with zero attached hydrogens (tertiary/aromatic N) is 2. The van der Waals surface area contributed by atoms with Crippen molar-refractivity contribution in [3.05, 3.63) is 70.4 Å². The lowest BCUT2D eigenvalue weighted by Gasteiger charge is -2.33. The first kappa shape index (κ1) is 23.6. The first-order valence-corrected chi connectivity index (χ1v) is 13.3. The van der Waals surface area contributed by atoms with E-state index in [0.29, 0.717) is 44.0 Å². The summed E-state index contributed by atoms with van der Waals surface area (Å²) in [5.74, 6) is -0.0437. The highest BCUT2D eigenvalue weighted by Crippen LogP contribution is 2.29. The second-order valence-corrected chi connectivity index (χ2v) is 11.6. The van der Waals surface area contributed by atoms with Crippen LogP contribution in [0.4, 0.5) is 5.69 Å². The number of aryl methyl sites for hydroxylation is 2. The normalized spacial score (nSPS) is 15.5. The van der Waals surface area contributed by atoms with Crippen LogP contribution in [-0.4, -0.2) is 56.3 Å². The Labute approximate surface area is 199 Å². The number of carbonyl (C=O) groups is 1. The number of hydrogen-bond acceptors (Lipinski definition) is 5. The molecule has 1 aromatic heterocycles. The van der Waals surface area contributed by atoms with Gasteiger partial charge in [-0.1, -0.05) is 48.5 Å². The monoisotopic (exact) mass is 483 g/mol. The molecular formula is C25H29N3O3S2. The van der Waals surface area contributed by atoms with Crippen LogP contribution in [0.3, 0.4) is 0 Å². The van der Waals surface area contributed by atoms with Crippen LogP contribution in [0.5, 0.6) is 0 Å². The highest BCUT2D eigenvalue weighted by Gasteiger charge is 2.30. The minimum absolute atomic E-state index is 0.0437. The lowest BCUT2D eigenvalue weighted by molar-refractivity contribution is -0.116. The number of rotatable bonds is 7. The Morgan fingerprint density at radius 3 is 2.30 bits per heavy atom. The summed E-state index contributed by atoms with van der Waals surface area (Å²) >= 11 is 1.51. The van der Waals surface area contributed by atoms with Crippen molar-refractivity contribution in [1.82, 2.24) is 9.21 Å². The van der Waals surface area contributed by atoms with E-state index < -0.39 is 10.0 Å². The number of hydrogen-bond donors (Lipinski definition) is 1. The van der Waals surface area contributed by atoms with Gasteiger partial charge in [0, 0.05) is 60.1 Å². The maximum atomic E-state index is 13.0. The molecule has 1 N–H and O–H groups in total. The van der Waals surface area contributed by atoms with Gasteiger partial charge in [-0.15, -0.1) is 11.3 Å². The van der Waals surface area contributed by atoms with Crippen molar-refractivity contribution in [1.29, 1.82) is 0 Å². The van der Waals surface area contributed by atoms with Crippen LogP contribution >= 0.6 is 11.3 Å². The van der Waals surface area contributed by atoms with Gasteiger partial charge in [0.1, 0.15) is 0 Å². The molecule has 2 aromatic carbocycles. The molecule has 1 saturated heterocycles. The zero-order valence-corrected chi connectivity index (χ0v) is 20.6. The molecule has 0 saturated carbocycles. The smallest absolute Gasteiger partial charge is 0.244 e. The molecule has 0 spiro atoms. The molecule has 1 amide bonds. The summed E-state index contributed by atoms with van der Waals surface area (Å²) < 4.78 is 27.6. The number of amides is 1. The van der Waals surface area contributed by atoms with Gasteiger partial charge in [-0.3, -0.25) is 4.79 Å². The minimum atomic E-state index is -3.46. The zero-order valence-electron chi connectivity index (χ0n) is 19.0. The van der Waals surface area contributed by atoms with Gasteiger partial charge >= 0.3 is 0 Å². The van der Waals surface area contributed by atoms with Crippen LogP contribution in [0.1, 0.15) is 16.2 Å². The van der Waals surface area contributed by atoms with Crippen LogP contribution in [0, 0.1) is 13.8 Å². The van der Waals surface area contributed by atoms with E-state index in [-0.39, 0.29) is 5.91 Å². The van der Waals surface area contributed by atoms with Crippen molar-refractivity contribution in [2.24, 2.45) is 0 Å². The molecule has 0 bridgehead atoms. The lowest BCUT2D eigenvalue weighted by atomic mass is 10.0. The first-order chi connectivity index (χ1) is 15.8.